The van der Waals surface area contributed by atoms with Gasteiger partial charge in [0.1, 0.15) is 17.1 Å². The van der Waals surface area contributed by atoms with Gasteiger partial charge in [-0.1, -0.05) is 13.0 Å². The van der Waals surface area contributed by atoms with Gasteiger partial charge in [-0.3, -0.25) is 4.79 Å². The Hall–Kier alpha value is -2.50. The van der Waals surface area contributed by atoms with Crippen molar-refractivity contribution in [2.75, 3.05) is 12.3 Å². The summed E-state index contributed by atoms with van der Waals surface area (Å²) < 4.78 is 7.05. The van der Waals surface area contributed by atoms with E-state index in [9.17, 15) is 4.79 Å². The van der Waals surface area contributed by atoms with E-state index in [2.05, 4.69) is 5.10 Å². The molecule has 0 saturated heterocycles. The van der Waals surface area contributed by atoms with Gasteiger partial charge in [0.2, 0.25) is 0 Å². The molecule has 0 aliphatic carbocycles. The number of hydrogen-bond donors (Lipinski definition) is 2. The van der Waals surface area contributed by atoms with Gasteiger partial charge in [0.25, 0.3) is 5.91 Å². The van der Waals surface area contributed by atoms with Gasteiger partial charge in [0.05, 0.1) is 12.3 Å². The van der Waals surface area contributed by atoms with Gasteiger partial charge in [-0.25, -0.2) is 4.68 Å². The van der Waals surface area contributed by atoms with Crippen LogP contribution in [0.25, 0.3) is 5.69 Å². The van der Waals surface area contributed by atoms with Gasteiger partial charge < -0.3 is 16.2 Å². The molecule has 0 fully saturated rings. The monoisotopic (exact) mass is 260 g/mol. The van der Waals surface area contributed by atoms with Crippen LogP contribution in [0, 0.1) is 0 Å². The summed E-state index contributed by atoms with van der Waals surface area (Å²) in [5.74, 6) is 0.0335. The van der Waals surface area contributed by atoms with Crippen LogP contribution in [-0.4, -0.2) is 22.3 Å². The van der Waals surface area contributed by atoms with Crippen molar-refractivity contribution in [1.29, 1.82) is 0 Å². The molecule has 1 aromatic heterocycles. The first kappa shape index (κ1) is 12.9. The van der Waals surface area contributed by atoms with Gasteiger partial charge in [-0.15, -0.1) is 0 Å². The maximum absolute atomic E-state index is 11.0. The van der Waals surface area contributed by atoms with Crippen molar-refractivity contribution in [2.45, 2.75) is 13.3 Å². The SMILES string of the molecule is CCCOc1cccc(-n2ccc(C(N)=O)n2)c1N. The molecule has 6 nitrogen and oxygen atoms in total. The van der Waals surface area contributed by atoms with Gasteiger partial charge in [-0.05, 0) is 24.6 Å². The lowest BCUT2D eigenvalue weighted by Gasteiger charge is -2.11. The Morgan fingerprint density at radius 3 is 2.84 bits per heavy atom. The lowest BCUT2D eigenvalue weighted by atomic mass is 10.2. The number of nitrogens with zero attached hydrogens (tertiary/aromatic N) is 2. The van der Waals surface area contributed by atoms with Crippen LogP contribution in [0.3, 0.4) is 0 Å². The van der Waals surface area contributed by atoms with E-state index in [1.165, 1.54) is 4.68 Å². The van der Waals surface area contributed by atoms with E-state index in [-0.39, 0.29) is 5.69 Å². The molecule has 0 aliphatic rings. The Balaban J connectivity index is 2.35. The minimum absolute atomic E-state index is 0.194. The van der Waals surface area contributed by atoms with Crippen molar-refractivity contribution in [2.24, 2.45) is 5.73 Å². The van der Waals surface area contributed by atoms with Crippen molar-refractivity contribution in [1.82, 2.24) is 9.78 Å². The van der Waals surface area contributed by atoms with E-state index in [4.69, 9.17) is 16.2 Å². The first-order chi connectivity index (χ1) is 9.13. The summed E-state index contributed by atoms with van der Waals surface area (Å²) in [5.41, 5.74) is 12.5. The number of primary amides is 1. The lowest BCUT2D eigenvalue weighted by Crippen LogP contribution is -2.12. The topological polar surface area (TPSA) is 96.2 Å². The maximum atomic E-state index is 11.0. The minimum atomic E-state index is -0.573. The van der Waals surface area contributed by atoms with Crippen LogP contribution in [0.2, 0.25) is 0 Å². The van der Waals surface area contributed by atoms with E-state index in [1.807, 2.05) is 13.0 Å². The Bertz CT molecular complexity index is 592. The molecule has 19 heavy (non-hydrogen) atoms. The molecule has 4 N–H and O–H groups in total. The molecule has 0 atom stereocenters. The highest BCUT2D eigenvalue weighted by atomic mass is 16.5. The lowest BCUT2D eigenvalue weighted by molar-refractivity contribution is 0.0995. The van der Waals surface area contributed by atoms with Crippen LogP contribution in [0.5, 0.6) is 5.75 Å². The predicted octanol–water partition coefficient (Wildman–Crippen LogP) is 1.34. The summed E-state index contributed by atoms with van der Waals surface area (Å²) in [4.78, 5) is 11.0. The third-order valence-corrected chi connectivity index (χ3v) is 2.59. The molecule has 100 valence electrons. The van der Waals surface area contributed by atoms with E-state index >= 15 is 0 Å². The molecule has 1 heterocycles. The highest BCUT2D eigenvalue weighted by Gasteiger charge is 2.11. The number of anilines is 1. The van der Waals surface area contributed by atoms with Crippen LogP contribution in [-0.2, 0) is 0 Å². The Kier molecular flexibility index (Phi) is 3.70. The van der Waals surface area contributed by atoms with Crippen LogP contribution in [0.1, 0.15) is 23.8 Å². The Morgan fingerprint density at radius 2 is 2.21 bits per heavy atom. The number of nitrogen functional groups attached to an aromatic ring is 1. The summed E-state index contributed by atoms with van der Waals surface area (Å²) in [7, 11) is 0. The molecule has 2 aromatic rings. The number of amides is 1. The van der Waals surface area contributed by atoms with Gasteiger partial charge in [0, 0.05) is 6.20 Å². The average Bonchev–Trinajstić information content (AvgIpc) is 2.87. The predicted molar refractivity (Wildman–Crippen MR) is 72.3 cm³/mol. The average molecular weight is 260 g/mol. The normalized spacial score (nSPS) is 10.4. The standard InChI is InChI=1S/C13H16N4O2/c1-2-8-19-11-5-3-4-10(12(11)14)17-7-6-9(16-17)13(15)18/h3-7H,2,8,14H2,1H3,(H2,15,18). The van der Waals surface area contributed by atoms with Crippen molar-refractivity contribution in [3.63, 3.8) is 0 Å². The number of nitrogens with two attached hydrogens (primary N) is 2. The van der Waals surface area contributed by atoms with E-state index in [0.717, 1.165) is 6.42 Å². The minimum Gasteiger partial charge on any atom is -0.491 e. The van der Waals surface area contributed by atoms with Gasteiger partial charge >= 0.3 is 0 Å². The number of para-hydroxylation sites is 1. The molecule has 1 amide bonds. The van der Waals surface area contributed by atoms with Gasteiger partial charge in [0.15, 0.2) is 0 Å². The van der Waals surface area contributed by atoms with Gasteiger partial charge in [-0.2, -0.15) is 5.10 Å². The molecule has 2 rings (SSSR count). The summed E-state index contributed by atoms with van der Waals surface area (Å²) in [6.45, 7) is 2.62. The summed E-state index contributed by atoms with van der Waals surface area (Å²) >= 11 is 0. The summed E-state index contributed by atoms with van der Waals surface area (Å²) in [5, 5.41) is 4.07. The fourth-order valence-corrected chi connectivity index (χ4v) is 1.66. The smallest absolute Gasteiger partial charge is 0.269 e. The molecule has 0 spiro atoms. The molecular formula is C13H16N4O2. The molecule has 0 saturated carbocycles. The zero-order chi connectivity index (χ0) is 13.8. The Morgan fingerprint density at radius 1 is 1.42 bits per heavy atom. The summed E-state index contributed by atoms with van der Waals surface area (Å²) in [6, 6.07) is 6.96. The first-order valence-electron chi connectivity index (χ1n) is 6.00. The molecular weight excluding hydrogens is 244 g/mol. The maximum Gasteiger partial charge on any atom is 0.269 e. The number of rotatable bonds is 5. The number of ether oxygens (including phenoxy) is 1. The molecule has 0 bridgehead atoms. The highest BCUT2D eigenvalue weighted by Crippen LogP contribution is 2.27. The number of benzene rings is 1. The second-order valence-electron chi connectivity index (χ2n) is 4.05. The zero-order valence-corrected chi connectivity index (χ0v) is 10.7. The van der Waals surface area contributed by atoms with Crippen LogP contribution >= 0.6 is 0 Å². The molecule has 6 heteroatoms. The van der Waals surface area contributed by atoms with Crippen molar-refractivity contribution in [3.05, 3.63) is 36.2 Å². The van der Waals surface area contributed by atoms with E-state index in [1.54, 1.807) is 24.4 Å². The largest absolute Gasteiger partial charge is 0.491 e. The fraction of sp³-hybridized carbons (Fsp3) is 0.231. The number of carbonyl (C=O) groups is 1. The number of hydrogen-bond acceptors (Lipinski definition) is 4. The van der Waals surface area contributed by atoms with Crippen molar-refractivity contribution in [3.8, 4) is 11.4 Å². The van der Waals surface area contributed by atoms with E-state index in [0.29, 0.717) is 23.7 Å². The van der Waals surface area contributed by atoms with Crippen LogP contribution < -0.4 is 16.2 Å². The second-order valence-corrected chi connectivity index (χ2v) is 4.05. The van der Waals surface area contributed by atoms with Crippen LogP contribution in [0.15, 0.2) is 30.5 Å². The van der Waals surface area contributed by atoms with E-state index < -0.39 is 5.91 Å². The molecule has 0 aliphatic heterocycles. The number of carbonyl (C=O) groups excluding carboxylic acids is 1. The second kappa shape index (κ2) is 5.43. The quantitative estimate of drug-likeness (QED) is 0.793. The van der Waals surface area contributed by atoms with Crippen molar-refractivity contribution < 1.29 is 9.53 Å². The third kappa shape index (κ3) is 2.67. The number of aromatic nitrogens is 2. The van der Waals surface area contributed by atoms with Crippen molar-refractivity contribution >= 4 is 11.6 Å². The Labute approximate surface area is 111 Å². The fourth-order valence-electron chi connectivity index (χ4n) is 1.66. The zero-order valence-electron chi connectivity index (χ0n) is 10.7. The molecule has 0 radical (unpaired) electrons. The molecule has 0 unspecified atom stereocenters. The highest BCUT2D eigenvalue weighted by molar-refractivity contribution is 5.90. The first-order valence-corrected chi connectivity index (χ1v) is 6.00. The molecule has 1 aromatic carbocycles. The third-order valence-electron chi connectivity index (χ3n) is 2.59. The van der Waals surface area contributed by atoms with Crippen LogP contribution in [0.4, 0.5) is 5.69 Å². The summed E-state index contributed by atoms with van der Waals surface area (Å²) in [6.07, 6.45) is 2.53.